The molecule has 39 heavy (non-hydrogen) atoms. The smallest absolute Gasteiger partial charge is 0.478 e. The van der Waals surface area contributed by atoms with E-state index in [4.69, 9.17) is 9.90 Å². The van der Waals surface area contributed by atoms with E-state index in [9.17, 15) is 31.5 Å². The van der Waals surface area contributed by atoms with Crippen molar-refractivity contribution in [1.82, 2.24) is 4.98 Å². The molecule has 210 valence electrons. The number of carboxylic acids is 2. The van der Waals surface area contributed by atoms with E-state index in [0.717, 1.165) is 24.0 Å². The zero-order chi connectivity index (χ0) is 29.2. The van der Waals surface area contributed by atoms with Gasteiger partial charge in [-0.1, -0.05) is 55.8 Å². The normalized spacial score (nSPS) is 11.2. The maximum atomic E-state index is 12.7. The Bertz CT molecular complexity index is 1380. The third-order valence-corrected chi connectivity index (χ3v) is 6.57. The van der Waals surface area contributed by atoms with Crippen molar-refractivity contribution < 1.29 is 41.4 Å². The maximum absolute atomic E-state index is 12.7. The van der Waals surface area contributed by atoms with E-state index in [0.29, 0.717) is 18.9 Å². The molecule has 0 fully saturated rings. The van der Waals surface area contributed by atoms with Crippen molar-refractivity contribution in [1.29, 1.82) is 0 Å². The first-order chi connectivity index (χ1) is 18.2. The Balaban J connectivity index is 0.000000673. The Morgan fingerprint density at radius 2 is 1.67 bits per heavy atom. The van der Waals surface area contributed by atoms with Crippen molar-refractivity contribution in [3.63, 3.8) is 0 Å². The molecule has 0 radical (unpaired) electrons. The second kappa shape index (κ2) is 13.6. The first-order valence-electron chi connectivity index (χ1n) is 11.7. The van der Waals surface area contributed by atoms with Crippen molar-refractivity contribution in [3.05, 3.63) is 83.6 Å². The Kier molecular flexibility index (Phi) is 10.8. The van der Waals surface area contributed by atoms with Crippen LogP contribution in [0.1, 0.15) is 41.3 Å². The van der Waals surface area contributed by atoms with Crippen LogP contribution in [0.25, 0.3) is 0 Å². The summed E-state index contributed by atoms with van der Waals surface area (Å²) >= 11 is 0. The Labute approximate surface area is 224 Å². The SMILES string of the molecule is CCCCN(Cc1ccccc1)c1ncc(NS(=O)(=O)c2cccc(C)c2)cc1C(=O)O.O=C(O)C(F)(F)F. The van der Waals surface area contributed by atoms with Gasteiger partial charge in [0.05, 0.1) is 16.8 Å². The van der Waals surface area contributed by atoms with Gasteiger partial charge in [-0.15, -0.1) is 0 Å². The zero-order valence-electron chi connectivity index (χ0n) is 21.1. The Morgan fingerprint density at radius 3 is 2.21 bits per heavy atom. The number of carbonyl (C=O) groups is 2. The number of aromatic nitrogens is 1. The van der Waals surface area contributed by atoms with Crippen molar-refractivity contribution in [3.8, 4) is 0 Å². The molecular formula is C26H28F3N3O6S. The van der Waals surface area contributed by atoms with Gasteiger partial charge in [0.15, 0.2) is 0 Å². The summed E-state index contributed by atoms with van der Waals surface area (Å²) in [5, 5.41) is 17.0. The topological polar surface area (TPSA) is 137 Å². The molecule has 3 aromatic rings. The van der Waals surface area contributed by atoms with Crippen LogP contribution >= 0.6 is 0 Å². The fourth-order valence-electron chi connectivity index (χ4n) is 3.33. The van der Waals surface area contributed by atoms with Crippen molar-refractivity contribution in [2.75, 3.05) is 16.2 Å². The van der Waals surface area contributed by atoms with Gasteiger partial charge in [-0.2, -0.15) is 13.2 Å². The largest absolute Gasteiger partial charge is 0.490 e. The summed E-state index contributed by atoms with van der Waals surface area (Å²) in [5.74, 6) is -3.61. The highest BCUT2D eigenvalue weighted by molar-refractivity contribution is 7.92. The van der Waals surface area contributed by atoms with Crippen LogP contribution in [0.2, 0.25) is 0 Å². The molecule has 0 aliphatic rings. The van der Waals surface area contributed by atoms with Crippen LogP contribution in [0, 0.1) is 6.92 Å². The highest BCUT2D eigenvalue weighted by Crippen LogP contribution is 2.25. The molecule has 3 N–H and O–H groups in total. The van der Waals surface area contributed by atoms with E-state index in [1.807, 2.05) is 35.2 Å². The average molecular weight is 568 g/mol. The summed E-state index contributed by atoms with van der Waals surface area (Å²) in [6, 6.07) is 17.6. The van der Waals surface area contributed by atoms with E-state index in [-0.39, 0.29) is 16.1 Å². The second-order valence-corrected chi connectivity index (χ2v) is 10.1. The Hall–Kier alpha value is -4.13. The number of carboxylic acid groups (broad SMARTS) is 2. The number of hydrogen-bond acceptors (Lipinski definition) is 6. The molecule has 3 rings (SSSR count). The van der Waals surface area contributed by atoms with Gasteiger partial charge in [0.25, 0.3) is 10.0 Å². The lowest BCUT2D eigenvalue weighted by Crippen LogP contribution is -2.27. The summed E-state index contributed by atoms with van der Waals surface area (Å²) < 4.78 is 59.7. The van der Waals surface area contributed by atoms with Crippen molar-refractivity contribution in [2.24, 2.45) is 0 Å². The number of sulfonamides is 1. The molecule has 0 spiro atoms. The molecule has 1 heterocycles. The highest BCUT2D eigenvalue weighted by atomic mass is 32.2. The summed E-state index contributed by atoms with van der Waals surface area (Å²) in [5.41, 5.74) is 1.88. The summed E-state index contributed by atoms with van der Waals surface area (Å²) in [7, 11) is -3.87. The molecular weight excluding hydrogens is 539 g/mol. The molecule has 0 bridgehead atoms. The van der Waals surface area contributed by atoms with Gasteiger partial charge in [0.1, 0.15) is 11.4 Å². The minimum Gasteiger partial charge on any atom is -0.478 e. The van der Waals surface area contributed by atoms with E-state index in [2.05, 4.69) is 16.6 Å². The monoisotopic (exact) mass is 567 g/mol. The molecule has 13 heteroatoms. The molecule has 0 saturated heterocycles. The molecule has 0 unspecified atom stereocenters. The summed E-state index contributed by atoms with van der Waals surface area (Å²) in [6.07, 6.45) is -1.91. The van der Waals surface area contributed by atoms with Gasteiger partial charge < -0.3 is 15.1 Å². The third-order valence-electron chi connectivity index (χ3n) is 5.19. The molecule has 0 aliphatic carbocycles. The quantitative estimate of drug-likeness (QED) is 0.299. The zero-order valence-corrected chi connectivity index (χ0v) is 22.0. The van der Waals surface area contributed by atoms with E-state index in [1.54, 1.807) is 25.1 Å². The highest BCUT2D eigenvalue weighted by Gasteiger charge is 2.38. The number of anilines is 2. The van der Waals surface area contributed by atoms with Gasteiger partial charge in [-0.3, -0.25) is 4.72 Å². The predicted molar refractivity (Wildman–Crippen MR) is 139 cm³/mol. The number of benzene rings is 2. The van der Waals surface area contributed by atoms with Crippen LogP contribution < -0.4 is 9.62 Å². The second-order valence-electron chi connectivity index (χ2n) is 8.39. The third kappa shape index (κ3) is 9.60. The predicted octanol–water partition coefficient (Wildman–Crippen LogP) is 5.33. The maximum Gasteiger partial charge on any atom is 0.490 e. The van der Waals surface area contributed by atoms with Gasteiger partial charge in [-0.05, 0) is 42.7 Å². The fourth-order valence-corrected chi connectivity index (χ4v) is 4.47. The molecule has 9 nitrogen and oxygen atoms in total. The molecule has 1 aromatic heterocycles. The lowest BCUT2D eigenvalue weighted by atomic mass is 10.1. The van der Waals surface area contributed by atoms with Crippen LogP contribution in [-0.4, -0.2) is 48.3 Å². The van der Waals surface area contributed by atoms with E-state index < -0.39 is 28.1 Å². The number of nitrogens with zero attached hydrogens (tertiary/aromatic N) is 2. The number of hydrogen-bond donors (Lipinski definition) is 3. The number of aromatic carboxylic acids is 1. The number of halogens is 3. The fraction of sp³-hybridized carbons (Fsp3) is 0.269. The van der Waals surface area contributed by atoms with Gasteiger partial charge in [0.2, 0.25) is 0 Å². The molecule has 0 aliphatic heterocycles. The number of aliphatic carboxylic acids is 1. The first-order valence-corrected chi connectivity index (χ1v) is 13.1. The average Bonchev–Trinajstić information content (AvgIpc) is 2.87. The van der Waals surface area contributed by atoms with E-state index >= 15 is 0 Å². The molecule has 0 saturated carbocycles. The molecule has 2 aromatic carbocycles. The van der Waals surface area contributed by atoms with Crippen LogP contribution in [0.15, 0.2) is 71.8 Å². The van der Waals surface area contributed by atoms with Crippen LogP contribution in [0.4, 0.5) is 24.7 Å². The molecule has 0 amide bonds. The number of pyridine rings is 1. The number of alkyl halides is 3. The minimum absolute atomic E-state index is 0.0542. The van der Waals surface area contributed by atoms with Gasteiger partial charge in [-0.25, -0.2) is 23.0 Å². The Morgan fingerprint density at radius 1 is 1.03 bits per heavy atom. The number of rotatable bonds is 10. The lowest BCUT2D eigenvalue weighted by Gasteiger charge is -2.25. The standard InChI is InChI=1S/C24H27N3O4S.C2HF3O2/c1-3-4-13-27(17-19-10-6-5-7-11-19)23-22(24(28)29)15-20(16-25-23)26-32(30,31)21-12-8-9-18(2)14-21;3-2(4,5)1(6)7/h5-12,14-16,26H,3-4,13,17H2,1-2H3,(H,28,29);(H,6,7). The van der Waals surface area contributed by atoms with Crippen LogP contribution in [0.3, 0.4) is 0 Å². The first kappa shape index (κ1) is 31.1. The molecule has 0 atom stereocenters. The number of unbranched alkanes of at least 4 members (excludes halogenated alkanes) is 1. The van der Waals surface area contributed by atoms with Gasteiger partial charge in [0, 0.05) is 13.1 Å². The lowest BCUT2D eigenvalue weighted by molar-refractivity contribution is -0.192. The van der Waals surface area contributed by atoms with E-state index in [1.165, 1.54) is 18.3 Å². The summed E-state index contributed by atoms with van der Waals surface area (Å²) in [6.45, 7) is 5.00. The number of nitrogens with one attached hydrogen (secondary N) is 1. The van der Waals surface area contributed by atoms with Crippen molar-refractivity contribution >= 4 is 33.5 Å². The summed E-state index contributed by atoms with van der Waals surface area (Å²) in [4.78, 5) is 27.3. The minimum atomic E-state index is -5.08. The van der Waals surface area contributed by atoms with Crippen LogP contribution in [-0.2, 0) is 21.4 Å². The van der Waals surface area contributed by atoms with Gasteiger partial charge >= 0.3 is 18.1 Å². The van der Waals surface area contributed by atoms with Crippen LogP contribution in [0.5, 0.6) is 0 Å². The number of aryl methyl sites for hydroxylation is 1. The van der Waals surface area contributed by atoms with Crippen molar-refractivity contribution in [2.45, 2.75) is 44.3 Å².